The van der Waals surface area contributed by atoms with E-state index in [1.165, 1.54) is 12.1 Å². The molecule has 0 fully saturated rings. The number of ether oxygens (including phenoxy) is 1. The monoisotopic (exact) mass is 460 g/mol. The van der Waals surface area contributed by atoms with Crippen molar-refractivity contribution in [3.8, 4) is 17.2 Å². The van der Waals surface area contributed by atoms with Crippen LogP contribution in [-0.2, 0) is 13.0 Å². The Morgan fingerprint density at radius 3 is 2.47 bits per heavy atom. The number of phenols is 2. The van der Waals surface area contributed by atoms with E-state index in [4.69, 9.17) is 4.74 Å². The maximum Gasteiger partial charge on any atom is 0.262 e. The van der Waals surface area contributed by atoms with E-state index >= 15 is 0 Å². The third kappa shape index (κ3) is 4.55. The standard InChI is InChI=1S/C27H28N2O5/c1-17-4-7-19-14-20(26(32)28(2)16-18-5-10-22(34-3)11-6-18)8-13-24(19)29(17)27(33)23-12-9-21(30)15-25(23)31/h5-6,8-15,17,30-31H,4,7,16H2,1-3H3/t17-/m1/s1. The van der Waals surface area contributed by atoms with Gasteiger partial charge in [-0.2, -0.15) is 0 Å². The number of rotatable bonds is 5. The molecule has 176 valence electrons. The Morgan fingerprint density at radius 2 is 1.79 bits per heavy atom. The zero-order valence-electron chi connectivity index (χ0n) is 19.5. The van der Waals surface area contributed by atoms with Crippen molar-refractivity contribution in [1.29, 1.82) is 0 Å². The van der Waals surface area contributed by atoms with Crippen LogP contribution in [0.2, 0.25) is 0 Å². The van der Waals surface area contributed by atoms with Gasteiger partial charge in [0.25, 0.3) is 11.8 Å². The van der Waals surface area contributed by atoms with Crippen LogP contribution in [0, 0.1) is 0 Å². The number of benzene rings is 3. The lowest BCUT2D eigenvalue weighted by Crippen LogP contribution is -2.42. The van der Waals surface area contributed by atoms with E-state index in [9.17, 15) is 19.8 Å². The summed E-state index contributed by atoms with van der Waals surface area (Å²) in [7, 11) is 3.38. The maximum atomic E-state index is 13.3. The van der Waals surface area contributed by atoms with Gasteiger partial charge in [0.2, 0.25) is 0 Å². The summed E-state index contributed by atoms with van der Waals surface area (Å²) in [6, 6.07) is 16.9. The second-order valence-electron chi connectivity index (χ2n) is 8.62. The van der Waals surface area contributed by atoms with Crippen molar-refractivity contribution < 1.29 is 24.5 Å². The van der Waals surface area contributed by atoms with Crippen LogP contribution in [0.15, 0.2) is 60.7 Å². The summed E-state index contributed by atoms with van der Waals surface area (Å²) < 4.78 is 5.18. The number of carbonyl (C=O) groups is 2. The number of amides is 2. The van der Waals surface area contributed by atoms with E-state index in [-0.39, 0.29) is 34.9 Å². The molecule has 7 heteroatoms. The summed E-state index contributed by atoms with van der Waals surface area (Å²) in [4.78, 5) is 29.7. The number of methoxy groups -OCH3 is 1. The lowest BCUT2D eigenvalue weighted by molar-refractivity contribution is 0.0785. The summed E-state index contributed by atoms with van der Waals surface area (Å²) in [5, 5.41) is 19.7. The highest BCUT2D eigenvalue weighted by atomic mass is 16.5. The molecule has 2 N–H and O–H groups in total. The lowest BCUT2D eigenvalue weighted by atomic mass is 9.93. The number of fused-ring (bicyclic) bond motifs is 1. The molecule has 1 heterocycles. The van der Waals surface area contributed by atoms with Gasteiger partial charge in [0.1, 0.15) is 17.2 Å². The summed E-state index contributed by atoms with van der Waals surface area (Å²) >= 11 is 0. The molecule has 1 atom stereocenters. The second-order valence-corrected chi connectivity index (χ2v) is 8.62. The van der Waals surface area contributed by atoms with E-state index in [1.807, 2.05) is 37.3 Å². The molecule has 0 aliphatic carbocycles. The van der Waals surface area contributed by atoms with Crippen LogP contribution in [0.1, 0.15) is 45.2 Å². The molecule has 7 nitrogen and oxygen atoms in total. The second kappa shape index (κ2) is 9.47. The molecule has 3 aromatic carbocycles. The number of aryl methyl sites for hydroxylation is 1. The molecule has 0 unspecified atom stereocenters. The van der Waals surface area contributed by atoms with Gasteiger partial charge in [-0.3, -0.25) is 9.59 Å². The molecule has 1 aliphatic heterocycles. The lowest BCUT2D eigenvalue weighted by Gasteiger charge is -2.36. The van der Waals surface area contributed by atoms with Gasteiger partial charge in [-0.15, -0.1) is 0 Å². The van der Waals surface area contributed by atoms with Crippen LogP contribution >= 0.6 is 0 Å². The summed E-state index contributed by atoms with van der Waals surface area (Å²) in [6.07, 6.45) is 1.47. The molecule has 0 radical (unpaired) electrons. The zero-order valence-corrected chi connectivity index (χ0v) is 19.5. The van der Waals surface area contributed by atoms with E-state index in [0.29, 0.717) is 12.1 Å². The van der Waals surface area contributed by atoms with Crippen molar-refractivity contribution in [1.82, 2.24) is 4.90 Å². The Bertz CT molecular complexity index is 1220. The Labute approximate surface area is 198 Å². The number of hydrogen-bond acceptors (Lipinski definition) is 5. The molecule has 0 saturated carbocycles. The van der Waals surface area contributed by atoms with E-state index < -0.39 is 0 Å². The molecule has 2 amide bonds. The van der Waals surface area contributed by atoms with E-state index in [1.54, 1.807) is 36.1 Å². The molecule has 4 rings (SSSR count). The first kappa shape index (κ1) is 23.2. The first-order chi connectivity index (χ1) is 16.3. The minimum atomic E-state index is -0.346. The predicted molar refractivity (Wildman–Crippen MR) is 130 cm³/mol. The number of aromatic hydroxyl groups is 2. The zero-order chi connectivity index (χ0) is 24.4. The van der Waals surface area contributed by atoms with Crippen LogP contribution in [0.25, 0.3) is 0 Å². The summed E-state index contributed by atoms with van der Waals surface area (Å²) in [5.74, 6) is -0.0614. The Kier molecular flexibility index (Phi) is 6.45. The van der Waals surface area contributed by atoms with Gasteiger partial charge in [-0.1, -0.05) is 12.1 Å². The Morgan fingerprint density at radius 1 is 1.06 bits per heavy atom. The predicted octanol–water partition coefficient (Wildman–Crippen LogP) is 4.36. The fourth-order valence-electron chi connectivity index (χ4n) is 4.32. The van der Waals surface area contributed by atoms with Gasteiger partial charge >= 0.3 is 0 Å². The number of anilines is 1. The highest BCUT2D eigenvalue weighted by Gasteiger charge is 2.31. The highest BCUT2D eigenvalue weighted by Crippen LogP contribution is 2.35. The van der Waals surface area contributed by atoms with E-state index in [0.717, 1.165) is 41.5 Å². The van der Waals surface area contributed by atoms with Crippen LogP contribution < -0.4 is 9.64 Å². The molecule has 3 aromatic rings. The topological polar surface area (TPSA) is 90.3 Å². The fraction of sp³-hybridized carbons (Fsp3) is 0.259. The normalized spacial score (nSPS) is 14.9. The third-order valence-electron chi connectivity index (χ3n) is 6.21. The van der Waals surface area contributed by atoms with Crippen LogP contribution in [0.4, 0.5) is 5.69 Å². The van der Waals surface area contributed by atoms with Crippen LogP contribution in [0.5, 0.6) is 17.2 Å². The largest absolute Gasteiger partial charge is 0.508 e. The maximum absolute atomic E-state index is 13.3. The molecular weight excluding hydrogens is 432 g/mol. The van der Waals surface area contributed by atoms with Gasteiger partial charge in [0, 0.05) is 37.0 Å². The van der Waals surface area contributed by atoms with Crippen LogP contribution in [-0.4, -0.2) is 47.1 Å². The van der Waals surface area contributed by atoms with Crippen molar-refractivity contribution in [2.75, 3.05) is 19.1 Å². The Balaban J connectivity index is 1.57. The number of carbonyl (C=O) groups excluding carboxylic acids is 2. The van der Waals surface area contributed by atoms with Crippen molar-refractivity contribution >= 4 is 17.5 Å². The SMILES string of the molecule is COc1ccc(CN(C)C(=O)c2ccc3c(c2)CC[C@@H](C)N3C(=O)c2ccc(O)cc2O)cc1. The van der Waals surface area contributed by atoms with E-state index in [2.05, 4.69) is 0 Å². The molecule has 0 bridgehead atoms. The van der Waals surface area contributed by atoms with Crippen molar-refractivity contribution in [2.45, 2.75) is 32.4 Å². The van der Waals surface area contributed by atoms with Crippen molar-refractivity contribution in [3.63, 3.8) is 0 Å². The molecule has 0 aromatic heterocycles. The summed E-state index contributed by atoms with van der Waals surface area (Å²) in [6.45, 7) is 2.42. The number of phenolic OH excluding ortho intramolecular Hbond substituents is 2. The van der Waals surface area contributed by atoms with Gasteiger partial charge in [-0.25, -0.2) is 0 Å². The third-order valence-corrected chi connectivity index (χ3v) is 6.21. The molecule has 0 spiro atoms. The first-order valence-electron chi connectivity index (χ1n) is 11.2. The number of hydrogen-bond donors (Lipinski definition) is 2. The quantitative estimate of drug-likeness (QED) is 0.591. The minimum absolute atomic E-state index is 0.0764. The Hall–Kier alpha value is -4.00. The highest BCUT2D eigenvalue weighted by molar-refractivity contribution is 6.09. The average Bonchev–Trinajstić information content (AvgIpc) is 2.83. The van der Waals surface area contributed by atoms with Crippen molar-refractivity contribution in [2.24, 2.45) is 0 Å². The molecule has 0 saturated heterocycles. The molecule has 34 heavy (non-hydrogen) atoms. The number of nitrogens with zero attached hydrogens (tertiary/aromatic N) is 2. The van der Waals surface area contributed by atoms with Gasteiger partial charge in [0.15, 0.2) is 0 Å². The van der Waals surface area contributed by atoms with Gasteiger partial charge < -0.3 is 24.7 Å². The van der Waals surface area contributed by atoms with Gasteiger partial charge in [0.05, 0.1) is 12.7 Å². The summed E-state index contributed by atoms with van der Waals surface area (Å²) in [5.41, 5.74) is 3.31. The molecular formula is C27H28N2O5. The van der Waals surface area contributed by atoms with Crippen LogP contribution in [0.3, 0.4) is 0 Å². The fourth-order valence-corrected chi connectivity index (χ4v) is 4.32. The first-order valence-corrected chi connectivity index (χ1v) is 11.2. The average molecular weight is 461 g/mol. The smallest absolute Gasteiger partial charge is 0.262 e. The van der Waals surface area contributed by atoms with Crippen molar-refractivity contribution in [3.05, 3.63) is 82.9 Å². The minimum Gasteiger partial charge on any atom is -0.508 e. The van der Waals surface area contributed by atoms with Gasteiger partial charge in [-0.05, 0) is 73.4 Å². The molecule has 1 aliphatic rings.